The molecule has 36 heavy (non-hydrogen) atoms. The maximum atomic E-state index is 13.0. The number of ether oxygens (including phenoxy) is 2. The number of imidazole rings is 1. The predicted molar refractivity (Wildman–Crippen MR) is 140 cm³/mol. The van der Waals surface area contributed by atoms with Gasteiger partial charge < -0.3 is 19.4 Å². The van der Waals surface area contributed by atoms with Crippen molar-refractivity contribution in [3.05, 3.63) is 73.9 Å². The van der Waals surface area contributed by atoms with E-state index in [-0.39, 0.29) is 29.4 Å². The number of thioether (sulfide) groups is 1. The molecule has 0 saturated carbocycles. The maximum absolute atomic E-state index is 13.0. The summed E-state index contributed by atoms with van der Waals surface area (Å²) in [5, 5.41) is 3.79. The first kappa shape index (κ1) is 25.4. The number of aromatic nitrogens is 4. The van der Waals surface area contributed by atoms with E-state index in [1.54, 1.807) is 49.1 Å². The summed E-state index contributed by atoms with van der Waals surface area (Å²) in [5.74, 6) is 0.759. The van der Waals surface area contributed by atoms with Gasteiger partial charge in [-0.25, -0.2) is 9.78 Å². The standard InChI is InChI=1S/C24H24ClN5O5S/c1-28-21-20(22(32)29(2)24(28)33)30(12-14-6-5-7-15(25)10-14)23(27-21)36-13-19(31)26-17-9-8-16(34-3)11-18(17)35-4/h5-11H,12-13H2,1-4H3,(H,26,31). The van der Waals surface area contributed by atoms with Crippen LogP contribution in [0.4, 0.5) is 5.69 Å². The van der Waals surface area contributed by atoms with E-state index in [0.29, 0.717) is 27.4 Å². The Bertz CT molecular complexity index is 1580. The van der Waals surface area contributed by atoms with Crippen LogP contribution >= 0.6 is 23.4 Å². The lowest BCUT2D eigenvalue weighted by Crippen LogP contribution is -2.37. The van der Waals surface area contributed by atoms with Gasteiger partial charge in [-0.1, -0.05) is 35.5 Å². The molecule has 0 unspecified atom stereocenters. The van der Waals surface area contributed by atoms with Crippen molar-refractivity contribution in [1.82, 2.24) is 18.7 Å². The van der Waals surface area contributed by atoms with Crippen LogP contribution in [-0.4, -0.2) is 44.6 Å². The average molecular weight is 530 g/mol. The summed E-state index contributed by atoms with van der Waals surface area (Å²) in [6, 6.07) is 12.3. The van der Waals surface area contributed by atoms with E-state index in [0.717, 1.165) is 21.9 Å². The summed E-state index contributed by atoms with van der Waals surface area (Å²) in [5.41, 5.74) is 0.881. The highest BCUT2D eigenvalue weighted by atomic mass is 35.5. The topological polar surface area (TPSA) is 109 Å². The van der Waals surface area contributed by atoms with Gasteiger partial charge in [-0.2, -0.15) is 0 Å². The molecule has 4 rings (SSSR count). The normalized spacial score (nSPS) is 11.0. The fourth-order valence-corrected chi connectivity index (χ4v) is 4.73. The SMILES string of the molecule is COc1ccc(NC(=O)CSc2nc3c(c(=O)n(C)c(=O)n3C)n2Cc2cccc(Cl)c2)c(OC)c1. The van der Waals surface area contributed by atoms with Crippen LogP contribution in [0.25, 0.3) is 11.2 Å². The van der Waals surface area contributed by atoms with E-state index in [1.807, 2.05) is 12.1 Å². The van der Waals surface area contributed by atoms with Crippen molar-refractivity contribution in [2.75, 3.05) is 25.3 Å². The molecule has 0 saturated heterocycles. The van der Waals surface area contributed by atoms with Crippen LogP contribution < -0.4 is 26.0 Å². The Morgan fingerprint density at radius 3 is 2.56 bits per heavy atom. The van der Waals surface area contributed by atoms with Gasteiger partial charge in [0.25, 0.3) is 5.56 Å². The van der Waals surface area contributed by atoms with Gasteiger partial charge in [0.15, 0.2) is 16.3 Å². The minimum Gasteiger partial charge on any atom is -0.497 e. The number of hydrogen-bond donors (Lipinski definition) is 1. The van der Waals surface area contributed by atoms with Gasteiger partial charge in [-0.3, -0.25) is 18.7 Å². The molecule has 0 bridgehead atoms. The number of nitrogens with one attached hydrogen (secondary N) is 1. The Morgan fingerprint density at radius 1 is 1.08 bits per heavy atom. The van der Waals surface area contributed by atoms with Crippen LogP contribution in [0.2, 0.25) is 5.02 Å². The first-order valence-electron chi connectivity index (χ1n) is 10.8. The minimum absolute atomic E-state index is 0.00229. The number of rotatable bonds is 8. The zero-order valence-electron chi connectivity index (χ0n) is 20.1. The van der Waals surface area contributed by atoms with Gasteiger partial charge in [0, 0.05) is 25.2 Å². The largest absolute Gasteiger partial charge is 0.497 e. The maximum Gasteiger partial charge on any atom is 0.332 e. The van der Waals surface area contributed by atoms with Crippen molar-refractivity contribution in [2.24, 2.45) is 14.1 Å². The molecule has 10 nitrogen and oxygen atoms in total. The molecule has 0 radical (unpaired) electrons. The third-order valence-electron chi connectivity index (χ3n) is 5.56. The van der Waals surface area contributed by atoms with Crippen LogP contribution in [0.1, 0.15) is 5.56 Å². The molecule has 2 aromatic carbocycles. The van der Waals surface area contributed by atoms with Gasteiger partial charge in [-0.15, -0.1) is 0 Å². The second kappa shape index (κ2) is 10.5. The molecule has 0 fully saturated rings. The number of fused-ring (bicyclic) bond motifs is 1. The van der Waals surface area contributed by atoms with Crippen molar-refractivity contribution in [1.29, 1.82) is 0 Å². The summed E-state index contributed by atoms with van der Waals surface area (Å²) in [6.45, 7) is 0.279. The molecule has 4 aromatic rings. The molecule has 12 heteroatoms. The lowest BCUT2D eigenvalue weighted by atomic mass is 10.2. The number of carbonyl (C=O) groups is 1. The molecule has 188 valence electrons. The molecule has 0 aliphatic rings. The summed E-state index contributed by atoms with van der Waals surface area (Å²) in [7, 11) is 6.02. The second-order valence-corrected chi connectivity index (χ2v) is 9.27. The predicted octanol–water partition coefficient (Wildman–Crippen LogP) is 2.88. The molecule has 2 aromatic heterocycles. The van der Waals surface area contributed by atoms with Gasteiger partial charge in [0.05, 0.1) is 32.2 Å². The number of benzene rings is 2. The summed E-state index contributed by atoms with van der Waals surface area (Å²) < 4.78 is 14.6. The number of halogens is 1. The van der Waals surface area contributed by atoms with Crippen LogP contribution in [0.5, 0.6) is 11.5 Å². The summed E-state index contributed by atoms with van der Waals surface area (Å²) >= 11 is 7.31. The molecule has 0 aliphatic carbocycles. The van der Waals surface area contributed by atoms with Crippen molar-refractivity contribution in [3.63, 3.8) is 0 Å². The van der Waals surface area contributed by atoms with Crippen molar-refractivity contribution in [2.45, 2.75) is 11.7 Å². The highest BCUT2D eigenvalue weighted by Crippen LogP contribution is 2.30. The van der Waals surface area contributed by atoms with Gasteiger partial charge in [0.1, 0.15) is 11.5 Å². The Kier molecular flexibility index (Phi) is 7.41. The summed E-state index contributed by atoms with van der Waals surface area (Å²) in [6.07, 6.45) is 0. The van der Waals surface area contributed by atoms with Crippen molar-refractivity contribution < 1.29 is 14.3 Å². The fraction of sp³-hybridized carbons (Fsp3) is 0.250. The van der Waals surface area contributed by atoms with E-state index < -0.39 is 11.2 Å². The number of nitrogens with zero attached hydrogens (tertiary/aromatic N) is 4. The molecule has 1 N–H and O–H groups in total. The molecular formula is C24H24ClN5O5S. The Morgan fingerprint density at radius 2 is 1.86 bits per heavy atom. The third-order valence-corrected chi connectivity index (χ3v) is 6.77. The molecule has 0 atom stereocenters. The van der Waals surface area contributed by atoms with Gasteiger partial charge >= 0.3 is 5.69 Å². The highest BCUT2D eigenvalue weighted by molar-refractivity contribution is 7.99. The van der Waals surface area contributed by atoms with Gasteiger partial charge in [-0.05, 0) is 29.8 Å². The lowest BCUT2D eigenvalue weighted by molar-refractivity contribution is -0.113. The number of anilines is 1. The second-order valence-electron chi connectivity index (χ2n) is 7.89. The molecule has 1 amide bonds. The van der Waals surface area contributed by atoms with Crippen molar-refractivity contribution in [3.8, 4) is 11.5 Å². The number of hydrogen-bond acceptors (Lipinski definition) is 7. The van der Waals surface area contributed by atoms with Crippen LogP contribution in [-0.2, 0) is 25.4 Å². The number of carbonyl (C=O) groups excluding carboxylic acids is 1. The smallest absolute Gasteiger partial charge is 0.332 e. The van der Waals surface area contributed by atoms with E-state index in [2.05, 4.69) is 10.3 Å². The number of aryl methyl sites for hydroxylation is 1. The van der Waals surface area contributed by atoms with E-state index >= 15 is 0 Å². The summed E-state index contributed by atoms with van der Waals surface area (Å²) in [4.78, 5) is 42.9. The lowest BCUT2D eigenvalue weighted by Gasteiger charge is -2.12. The Labute approximate surface area is 215 Å². The quantitative estimate of drug-likeness (QED) is 0.349. The minimum atomic E-state index is -0.485. The monoisotopic (exact) mass is 529 g/mol. The number of methoxy groups -OCH3 is 2. The molecule has 0 aliphatic heterocycles. The third kappa shape index (κ3) is 4.98. The van der Waals surface area contributed by atoms with E-state index in [1.165, 1.54) is 18.7 Å². The van der Waals surface area contributed by atoms with E-state index in [4.69, 9.17) is 21.1 Å². The number of amides is 1. The Balaban J connectivity index is 1.67. The zero-order chi connectivity index (χ0) is 26.0. The van der Waals surface area contributed by atoms with E-state index in [9.17, 15) is 14.4 Å². The van der Waals surface area contributed by atoms with Crippen LogP contribution in [0.15, 0.2) is 57.2 Å². The Hall–Kier alpha value is -3.70. The zero-order valence-corrected chi connectivity index (χ0v) is 21.6. The first-order valence-corrected chi connectivity index (χ1v) is 12.1. The average Bonchev–Trinajstić information content (AvgIpc) is 3.23. The van der Waals surface area contributed by atoms with Crippen LogP contribution in [0.3, 0.4) is 0 Å². The highest BCUT2D eigenvalue weighted by Gasteiger charge is 2.21. The van der Waals surface area contributed by atoms with Crippen LogP contribution in [0, 0.1) is 0 Å². The van der Waals surface area contributed by atoms with Gasteiger partial charge in [0.2, 0.25) is 5.91 Å². The molecule has 0 spiro atoms. The molecular weight excluding hydrogens is 506 g/mol. The fourth-order valence-electron chi connectivity index (χ4n) is 3.72. The first-order chi connectivity index (χ1) is 17.2. The molecule has 2 heterocycles. The van der Waals surface area contributed by atoms with Crippen molar-refractivity contribution >= 4 is 46.1 Å².